The average Bonchev–Trinajstić information content (AvgIpc) is 2.27. The molecule has 0 aliphatic carbocycles. The molecule has 0 saturated carbocycles. The third-order valence-electron chi connectivity index (χ3n) is 2.35. The minimum atomic E-state index is -3.39. The predicted octanol–water partition coefficient (Wildman–Crippen LogP) is 0.477. The summed E-state index contributed by atoms with van der Waals surface area (Å²) in [6, 6.07) is 4.72. The molecule has 106 valence electrons. The van der Waals surface area contributed by atoms with Gasteiger partial charge in [0, 0.05) is 12.1 Å². The van der Waals surface area contributed by atoms with Gasteiger partial charge in [-0.1, -0.05) is 6.07 Å². The van der Waals surface area contributed by atoms with E-state index in [1.807, 2.05) is 0 Å². The lowest BCUT2D eigenvalue weighted by molar-refractivity contribution is 0.0924. The standard InChI is InChI=1S/C12H18N2O4S/c1-8-4-5-10(12(16)13-7-9(2)15)6-11(8)14-19(3,17)18/h4-6,9,14-15H,7H2,1-3H3,(H,13,16)/t9-/m1/s1. The van der Waals surface area contributed by atoms with Crippen molar-refractivity contribution < 1.29 is 18.3 Å². The molecule has 6 nitrogen and oxygen atoms in total. The van der Waals surface area contributed by atoms with Gasteiger partial charge < -0.3 is 10.4 Å². The van der Waals surface area contributed by atoms with Crippen LogP contribution in [0.3, 0.4) is 0 Å². The number of aliphatic hydroxyl groups excluding tert-OH is 1. The van der Waals surface area contributed by atoms with Gasteiger partial charge in [-0.25, -0.2) is 8.42 Å². The van der Waals surface area contributed by atoms with Crippen LogP contribution in [0.4, 0.5) is 5.69 Å². The van der Waals surface area contributed by atoms with E-state index in [0.29, 0.717) is 11.3 Å². The Balaban J connectivity index is 2.92. The van der Waals surface area contributed by atoms with E-state index in [0.717, 1.165) is 11.8 Å². The number of hydrogen-bond acceptors (Lipinski definition) is 4. The van der Waals surface area contributed by atoms with Gasteiger partial charge in [0.05, 0.1) is 18.0 Å². The van der Waals surface area contributed by atoms with Gasteiger partial charge in [-0.2, -0.15) is 0 Å². The van der Waals surface area contributed by atoms with Crippen LogP contribution >= 0.6 is 0 Å². The number of carbonyl (C=O) groups is 1. The zero-order valence-corrected chi connectivity index (χ0v) is 11.9. The van der Waals surface area contributed by atoms with Crippen LogP contribution in [0.15, 0.2) is 18.2 Å². The van der Waals surface area contributed by atoms with Crippen molar-refractivity contribution in [3.05, 3.63) is 29.3 Å². The van der Waals surface area contributed by atoms with E-state index < -0.39 is 16.1 Å². The summed E-state index contributed by atoms with van der Waals surface area (Å²) in [7, 11) is -3.39. The van der Waals surface area contributed by atoms with E-state index in [-0.39, 0.29) is 12.5 Å². The van der Waals surface area contributed by atoms with Crippen molar-refractivity contribution in [3.8, 4) is 0 Å². The molecule has 0 aromatic heterocycles. The van der Waals surface area contributed by atoms with Crippen molar-refractivity contribution in [2.45, 2.75) is 20.0 Å². The molecule has 3 N–H and O–H groups in total. The summed E-state index contributed by atoms with van der Waals surface area (Å²) < 4.78 is 24.8. The fraction of sp³-hybridized carbons (Fsp3) is 0.417. The predicted molar refractivity (Wildman–Crippen MR) is 73.7 cm³/mol. The molecule has 1 rings (SSSR count). The fourth-order valence-corrected chi connectivity index (χ4v) is 2.03. The zero-order chi connectivity index (χ0) is 14.6. The van der Waals surface area contributed by atoms with Crippen LogP contribution in [0.1, 0.15) is 22.8 Å². The molecule has 0 aliphatic heterocycles. The minimum absolute atomic E-state index is 0.140. The Kier molecular flexibility index (Phi) is 4.90. The number of carbonyl (C=O) groups excluding carboxylic acids is 1. The molecule has 1 aromatic rings. The monoisotopic (exact) mass is 286 g/mol. The molecule has 0 bridgehead atoms. The Hall–Kier alpha value is -1.60. The third-order valence-corrected chi connectivity index (χ3v) is 2.94. The Bertz CT molecular complexity index is 567. The van der Waals surface area contributed by atoms with Crippen molar-refractivity contribution >= 4 is 21.6 Å². The van der Waals surface area contributed by atoms with Crippen LogP contribution in [0.2, 0.25) is 0 Å². The van der Waals surface area contributed by atoms with Crippen molar-refractivity contribution in [3.63, 3.8) is 0 Å². The van der Waals surface area contributed by atoms with Crippen LogP contribution in [-0.4, -0.2) is 38.3 Å². The van der Waals surface area contributed by atoms with Crippen LogP contribution in [0.5, 0.6) is 0 Å². The van der Waals surface area contributed by atoms with E-state index in [1.54, 1.807) is 26.0 Å². The summed E-state index contributed by atoms with van der Waals surface area (Å²) in [6.45, 7) is 3.44. The molecule has 1 amide bonds. The molecule has 1 aromatic carbocycles. The molecule has 19 heavy (non-hydrogen) atoms. The highest BCUT2D eigenvalue weighted by molar-refractivity contribution is 7.92. The second-order valence-corrected chi connectivity index (χ2v) is 6.21. The van der Waals surface area contributed by atoms with Crippen LogP contribution in [0, 0.1) is 6.92 Å². The zero-order valence-electron chi connectivity index (χ0n) is 11.1. The maximum Gasteiger partial charge on any atom is 0.251 e. The van der Waals surface area contributed by atoms with E-state index in [4.69, 9.17) is 5.11 Å². The molecule has 0 fully saturated rings. The van der Waals surface area contributed by atoms with E-state index in [9.17, 15) is 13.2 Å². The Morgan fingerprint density at radius 2 is 2.05 bits per heavy atom. The average molecular weight is 286 g/mol. The molecule has 0 saturated heterocycles. The number of sulfonamides is 1. The topological polar surface area (TPSA) is 95.5 Å². The van der Waals surface area contributed by atoms with Gasteiger partial charge in [-0.15, -0.1) is 0 Å². The molecule has 1 atom stereocenters. The van der Waals surface area contributed by atoms with Crippen LogP contribution in [-0.2, 0) is 10.0 Å². The number of aryl methyl sites for hydroxylation is 1. The number of nitrogens with one attached hydrogen (secondary N) is 2. The summed E-state index contributed by atoms with van der Waals surface area (Å²) in [5.74, 6) is -0.363. The smallest absolute Gasteiger partial charge is 0.251 e. The summed E-state index contributed by atoms with van der Waals surface area (Å²) >= 11 is 0. The first-order chi connectivity index (χ1) is 8.69. The van der Waals surface area contributed by atoms with Gasteiger partial charge in [-0.05, 0) is 31.5 Å². The van der Waals surface area contributed by atoms with Gasteiger partial charge in [-0.3, -0.25) is 9.52 Å². The molecule has 7 heteroatoms. The van der Waals surface area contributed by atoms with E-state index in [2.05, 4.69) is 10.0 Å². The lowest BCUT2D eigenvalue weighted by atomic mass is 10.1. The second kappa shape index (κ2) is 6.03. The Labute approximate surface area is 112 Å². The number of hydrogen-bond donors (Lipinski definition) is 3. The van der Waals surface area contributed by atoms with Crippen LogP contribution in [0.25, 0.3) is 0 Å². The minimum Gasteiger partial charge on any atom is -0.392 e. The molecule has 0 spiro atoms. The molecule has 0 radical (unpaired) electrons. The lowest BCUT2D eigenvalue weighted by Gasteiger charge is -2.11. The first kappa shape index (κ1) is 15.5. The number of amides is 1. The molecular formula is C12H18N2O4S. The maximum atomic E-state index is 11.8. The van der Waals surface area contributed by atoms with Crippen LogP contribution < -0.4 is 10.0 Å². The molecule has 0 heterocycles. The molecule has 0 unspecified atom stereocenters. The Morgan fingerprint density at radius 3 is 2.58 bits per heavy atom. The molecule has 0 aliphatic rings. The SMILES string of the molecule is Cc1ccc(C(=O)NC[C@@H](C)O)cc1NS(C)(=O)=O. The maximum absolute atomic E-state index is 11.8. The number of benzene rings is 1. The number of aliphatic hydroxyl groups is 1. The summed E-state index contributed by atoms with van der Waals surface area (Å²) in [6.07, 6.45) is 0.412. The van der Waals surface area contributed by atoms with E-state index >= 15 is 0 Å². The fourth-order valence-electron chi connectivity index (χ4n) is 1.42. The number of anilines is 1. The summed E-state index contributed by atoms with van der Waals surface area (Å²) in [5.41, 5.74) is 1.42. The largest absolute Gasteiger partial charge is 0.392 e. The first-order valence-corrected chi connectivity index (χ1v) is 7.63. The first-order valence-electron chi connectivity index (χ1n) is 5.74. The van der Waals surface area contributed by atoms with Gasteiger partial charge in [0.15, 0.2) is 0 Å². The van der Waals surface area contributed by atoms with Gasteiger partial charge in [0.25, 0.3) is 5.91 Å². The van der Waals surface area contributed by atoms with Gasteiger partial charge >= 0.3 is 0 Å². The highest BCUT2D eigenvalue weighted by Crippen LogP contribution is 2.18. The quantitative estimate of drug-likeness (QED) is 0.733. The lowest BCUT2D eigenvalue weighted by Crippen LogP contribution is -2.30. The van der Waals surface area contributed by atoms with Crippen molar-refractivity contribution in [1.82, 2.24) is 5.32 Å². The van der Waals surface area contributed by atoms with Crippen molar-refractivity contribution in [2.24, 2.45) is 0 Å². The molecular weight excluding hydrogens is 268 g/mol. The number of rotatable bonds is 5. The highest BCUT2D eigenvalue weighted by atomic mass is 32.2. The third kappa shape index (κ3) is 5.27. The van der Waals surface area contributed by atoms with Crippen molar-refractivity contribution in [2.75, 3.05) is 17.5 Å². The van der Waals surface area contributed by atoms with Crippen molar-refractivity contribution in [1.29, 1.82) is 0 Å². The van der Waals surface area contributed by atoms with Gasteiger partial charge in [0.1, 0.15) is 0 Å². The summed E-state index contributed by atoms with van der Waals surface area (Å²) in [4.78, 5) is 11.8. The normalized spacial score (nSPS) is 12.8. The van der Waals surface area contributed by atoms with E-state index in [1.165, 1.54) is 6.07 Å². The highest BCUT2D eigenvalue weighted by Gasteiger charge is 2.11. The van der Waals surface area contributed by atoms with Gasteiger partial charge in [0.2, 0.25) is 10.0 Å². The Morgan fingerprint density at radius 1 is 1.42 bits per heavy atom. The second-order valence-electron chi connectivity index (χ2n) is 4.46. The summed E-state index contributed by atoms with van der Waals surface area (Å²) in [5, 5.41) is 11.6.